The van der Waals surface area contributed by atoms with Gasteiger partial charge in [-0.25, -0.2) is 0 Å². The minimum atomic E-state index is -0.125. The number of aromatic nitrogens is 1. The van der Waals surface area contributed by atoms with Crippen LogP contribution in [0.3, 0.4) is 0 Å². The Hall–Kier alpha value is -3.33. The molecule has 0 amide bonds. The molecule has 25 heavy (non-hydrogen) atoms. The van der Waals surface area contributed by atoms with Crippen molar-refractivity contribution in [3.63, 3.8) is 0 Å². The van der Waals surface area contributed by atoms with E-state index < -0.39 is 0 Å². The number of nitrogens with zero attached hydrogens (tertiary/aromatic N) is 3. The Labute approximate surface area is 146 Å². The number of rotatable bonds is 4. The van der Waals surface area contributed by atoms with Crippen LogP contribution < -0.4 is 0 Å². The van der Waals surface area contributed by atoms with Crippen LogP contribution in [0.4, 0.5) is 5.69 Å². The zero-order valence-electron chi connectivity index (χ0n) is 13.7. The third kappa shape index (κ3) is 3.31. The molecule has 120 valence electrons. The van der Waals surface area contributed by atoms with Gasteiger partial charge in [-0.1, -0.05) is 72.8 Å². The highest BCUT2D eigenvalue weighted by molar-refractivity contribution is 5.91. The van der Waals surface area contributed by atoms with Crippen LogP contribution in [0.15, 0.2) is 108 Å². The Morgan fingerprint density at radius 1 is 0.680 bits per heavy atom. The lowest BCUT2D eigenvalue weighted by Crippen LogP contribution is -1.96. The monoisotopic (exact) mass is 323 g/mol. The van der Waals surface area contributed by atoms with Crippen molar-refractivity contribution >= 4 is 16.5 Å². The lowest BCUT2D eigenvalue weighted by molar-refractivity contribution is 0.810. The van der Waals surface area contributed by atoms with Gasteiger partial charge in [0.25, 0.3) is 0 Å². The van der Waals surface area contributed by atoms with E-state index in [1.165, 1.54) is 0 Å². The summed E-state index contributed by atoms with van der Waals surface area (Å²) in [7, 11) is 0. The first kappa shape index (κ1) is 15.2. The summed E-state index contributed by atoms with van der Waals surface area (Å²) >= 11 is 0. The summed E-state index contributed by atoms with van der Waals surface area (Å²) in [5, 5.41) is 11.4. The smallest absolute Gasteiger partial charge is 0.121 e. The summed E-state index contributed by atoms with van der Waals surface area (Å²) in [6.07, 6.45) is 3.63. The molecule has 3 heteroatoms. The summed E-state index contributed by atoms with van der Waals surface area (Å²) in [6, 6.07) is 28.4. The minimum absolute atomic E-state index is 0.125. The second kappa shape index (κ2) is 7.05. The van der Waals surface area contributed by atoms with Gasteiger partial charge in [0.1, 0.15) is 6.04 Å². The van der Waals surface area contributed by atoms with Crippen molar-refractivity contribution in [2.24, 2.45) is 10.2 Å². The lowest BCUT2D eigenvalue weighted by atomic mass is 10.00. The molecule has 1 aromatic heterocycles. The van der Waals surface area contributed by atoms with Crippen LogP contribution in [0.1, 0.15) is 17.2 Å². The third-order valence-corrected chi connectivity index (χ3v) is 4.17. The van der Waals surface area contributed by atoms with E-state index in [2.05, 4.69) is 39.5 Å². The Bertz CT molecular complexity index is 950. The average Bonchev–Trinajstić information content (AvgIpc) is 2.70. The summed E-state index contributed by atoms with van der Waals surface area (Å²) in [4.78, 5) is 4.17. The Balaban J connectivity index is 1.77. The molecule has 4 rings (SSSR count). The van der Waals surface area contributed by atoms with E-state index in [1.54, 1.807) is 6.20 Å². The predicted molar refractivity (Wildman–Crippen MR) is 101 cm³/mol. The topological polar surface area (TPSA) is 37.6 Å². The Kier molecular flexibility index (Phi) is 4.29. The fourth-order valence-corrected chi connectivity index (χ4v) is 2.91. The fraction of sp³-hybridized carbons (Fsp3) is 0.0455. The molecule has 0 aliphatic carbocycles. The highest BCUT2D eigenvalue weighted by atomic mass is 15.1. The molecule has 4 aromatic rings. The van der Waals surface area contributed by atoms with Crippen LogP contribution in [0.25, 0.3) is 10.8 Å². The molecule has 0 aliphatic rings. The molecule has 0 saturated heterocycles. The zero-order chi connectivity index (χ0) is 16.9. The van der Waals surface area contributed by atoms with Gasteiger partial charge in [0.05, 0.1) is 5.69 Å². The molecule has 0 radical (unpaired) electrons. The zero-order valence-corrected chi connectivity index (χ0v) is 13.7. The average molecular weight is 323 g/mol. The van der Waals surface area contributed by atoms with Crippen molar-refractivity contribution in [2.45, 2.75) is 6.04 Å². The van der Waals surface area contributed by atoms with Gasteiger partial charge in [-0.15, -0.1) is 0 Å². The Morgan fingerprint density at radius 2 is 1.36 bits per heavy atom. The maximum absolute atomic E-state index is 4.69. The molecule has 3 aromatic carbocycles. The summed E-state index contributed by atoms with van der Waals surface area (Å²) in [5.41, 5.74) is 3.11. The number of benzene rings is 3. The first-order valence-electron chi connectivity index (χ1n) is 8.25. The summed E-state index contributed by atoms with van der Waals surface area (Å²) < 4.78 is 0. The van der Waals surface area contributed by atoms with Crippen LogP contribution >= 0.6 is 0 Å². The van der Waals surface area contributed by atoms with Gasteiger partial charge in [-0.2, -0.15) is 10.2 Å². The normalized spacial score (nSPS) is 11.4. The summed E-state index contributed by atoms with van der Waals surface area (Å²) in [6.45, 7) is 0. The van der Waals surface area contributed by atoms with Gasteiger partial charge >= 0.3 is 0 Å². The number of pyridine rings is 1. The van der Waals surface area contributed by atoms with E-state index in [9.17, 15) is 0 Å². The quantitative estimate of drug-likeness (QED) is 0.418. The van der Waals surface area contributed by atoms with Crippen molar-refractivity contribution in [3.05, 3.63) is 108 Å². The van der Waals surface area contributed by atoms with E-state index in [-0.39, 0.29) is 6.04 Å². The molecule has 0 aliphatic heterocycles. The van der Waals surface area contributed by atoms with Crippen molar-refractivity contribution < 1.29 is 0 Å². The molecule has 0 atom stereocenters. The first-order chi connectivity index (χ1) is 12.4. The van der Waals surface area contributed by atoms with Crippen molar-refractivity contribution in [2.75, 3.05) is 0 Å². The maximum Gasteiger partial charge on any atom is 0.121 e. The van der Waals surface area contributed by atoms with Gasteiger partial charge in [0, 0.05) is 23.2 Å². The van der Waals surface area contributed by atoms with E-state index in [0.29, 0.717) is 0 Å². The van der Waals surface area contributed by atoms with Gasteiger partial charge in [0.15, 0.2) is 0 Å². The molecule has 0 bridgehead atoms. The van der Waals surface area contributed by atoms with Crippen LogP contribution in [0.2, 0.25) is 0 Å². The standard InChI is InChI=1S/C22H17N3/c1-3-8-17(9-4-1)22(18-10-5-2-6-11-18)25-24-21-13-7-12-19-16-23-15-14-20(19)21/h1-16,22H. The van der Waals surface area contributed by atoms with Gasteiger partial charge in [-0.3, -0.25) is 4.98 Å². The SMILES string of the molecule is c1ccc(C(N=Nc2cccc3cnccc23)c2ccccc2)cc1. The second-order valence-electron chi connectivity index (χ2n) is 5.81. The first-order valence-corrected chi connectivity index (χ1v) is 8.25. The van der Waals surface area contributed by atoms with Gasteiger partial charge < -0.3 is 0 Å². The van der Waals surface area contributed by atoms with E-state index in [0.717, 1.165) is 27.6 Å². The van der Waals surface area contributed by atoms with E-state index in [4.69, 9.17) is 0 Å². The molecular formula is C22H17N3. The van der Waals surface area contributed by atoms with Crippen molar-refractivity contribution in [3.8, 4) is 0 Å². The minimum Gasteiger partial charge on any atom is -0.264 e. The maximum atomic E-state index is 4.69. The summed E-state index contributed by atoms with van der Waals surface area (Å²) in [5.74, 6) is 0. The lowest BCUT2D eigenvalue weighted by Gasteiger charge is -2.12. The highest BCUT2D eigenvalue weighted by Crippen LogP contribution is 2.30. The number of hydrogen-bond donors (Lipinski definition) is 0. The molecule has 0 saturated carbocycles. The molecule has 3 nitrogen and oxygen atoms in total. The molecule has 1 heterocycles. The van der Waals surface area contributed by atoms with Crippen molar-refractivity contribution in [1.29, 1.82) is 0 Å². The van der Waals surface area contributed by atoms with Crippen LogP contribution in [0, 0.1) is 0 Å². The van der Waals surface area contributed by atoms with Crippen LogP contribution in [0.5, 0.6) is 0 Å². The van der Waals surface area contributed by atoms with E-state index >= 15 is 0 Å². The molecular weight excluding hydrogens is 306 g/mol. The molecule has 0 N–H and O–H groups in total. The fourth-order valence-electron chi connectivity index (χ4n) is 2.91. The largest absolute Gasteiger partial charge is 0.264 e. The Morgan fingerprint density at radius 3 is 2.04 bits per heavy atom. The number of fused-ring (bicyclic) bond motifs is 1. The second-order valence-corrected chi connectivity index (χ2v) is 5.81. The third-order valence-electron chi connectivity index (χ3n) is 4.17. The number of azo groups is 1. The van der Waals surface area contributed by atoms with E-state index in [1.807, 2.05) is 66.9 Å². The molecule has 0 fully saturated rings. The van der Waals surface area contributed by atoms with Crippen LogP contribution in [-0.2, 0) is 0 Å². The van der Waals surface area contributed by atoms with Crippen molar-refractivity contribution in [1.82, 2.24) is 4.98 Å². The molecule has 0 unspecified atom stereocenters. The number of hydrogen-bond acceptors (Lipinski definition) is 3. The molecule has 0 spiro atoms. The highest BCUT2D eigenvalue weighted by Gasteiger charge is 2.12. The predicted octanol–water partition coefficient (Wildman–Crippen LogP) is 6.11. The van der Waals surface area contributed by atoms with Crippen LogP contribution in [-0.4, -0.2) is 4.98 Å². The van der Waals surface area contributed by atoms with Gasteiger partial charge in [0.2, 0.25) is 0 Å². The van der Waals surface area contributed by atoms with Gasteiger partial charge in [-0.05, 0) is 23.3 Å².